The van der Waals surface area contributed by atoms with Crippen molar-refractivity contribution in [1.82, 2.24) is 0 Å². The summed E-state index contributed by atoms with van der Waals surface area (Å²) in [5, 5.41) is 9.79. The normalized spacial score (nSPS) is 13.1. The lowest BCUT2D eigenvalue weighted by Crippen LogP contribution is -2.18. The number of aliphatic hydroxyl groups is 1. The molecule has 0 aromatic rings. The fourth-order valence-corrected chi connectivity index (χ4v) is 2.87. The molecule has 0 saturated carbocycles. The lowest BCUT2D eigenvalue weighted by atomic mass is 9.82. The van der Waals surface area contributed by atoms with E-state index in [0.29, 0.717) is 11.8 Å². The maximum atomic E-state index is 11.0. The molecule has 0 aliphatic carbocycles. The van der Waals surface area contributed by atoms with Crippen molar-refractivity contribution in [2.75, 3.05) is 6.61 Å². The number of hydrogen-bond acceptors (Lipinski definition) is 3. The Morgan fingerprint density at radius 1 is 0.957 bits per heavy atom. The third-order valence-corrected chi connectivity index (χ3v) is 4.57. The van der Waals surface area contributed by atoms with E-state index in [1.54, 1.807) is 6.92 Å². The quantitative estimate of drug-likeness (QED) is 0.313. The first-order valence-electron chi connectivity index (χ1n) is 9.75. The number of carbonyl (C=O) groups excluding carboxylic acids is 1. The van der Waals surface area contributed by atoms with Crippen LogP contribution in [0, 0.1) is 5.41 Å². The van der Waals surface area contributed by atoms with Crippen molar-refractivity contribution in [3.05, 3.63) is 0 Å². The minimum atomic E-state index is -0.507. The number of rotatable bonds is 15. The molecule has 0 aromatic heterocycles. The van der Waals surface area contributed by atoms with E-state index in [1.165, 1.54) is 51.4 Å². The van der Waals surface area contributed by atoms with Crippen molar-refractivity contribution < 1.29 is 14.6 Å². The van der Waals surface area contributed by atoms with Gasteiger partial charge in [-0.25, -0.2) is 0 Å². The van der Waals surface area contributed by atoms with Crippen LogP contribution in [0.4, 0.5) is 0 Å². The number of esters is 1. The molecular weight excluding hydrogens is 288 g/mol. The van der Waals surface area contributed by atoms with Crippen molar-refractivity contribution >= 4 is 5.97 Å². The summed E-state index contributed by atoms with van der Waals surface area (Å²) in [4.78, 5) is 11.0. The summed E-state index contributed by atoms with van der Waals surface area (Å²) in [6.07, 6.45) is 13.4. The Morgan fingerprint density at radius 2 is 1.52 bits per heavy atom. The standard InChI is InChI=1S/C20H40O3/c1-5-7-8-9-10-12-15-20(3,4)16-13-11-14-18(21)17-23-19(22)6-2/h18,21H,5-17H2,1-4H3. The fourth-order valence-electron chi connectivity index (χ4n) is 2.87. The highest BCUT2D eigenvalue weighted by Gasteiger charge is 2.17. The third-order valence-electron chi connectivity index (χ3n) is 4.57. The Labute approximate surface area is 144 Å². The zero-order valence-corrected chi connectivity index (χ0v) is 16.0. The predicted octanol–water partition coefficient (Wildman–Crippen LogP) is 5.64. The molecule has 0 radical (unpaired) electrons. The zero-order valence-electron chi connectivity index (χ0n) is 16.0. The molecule has 3 nitrogen and oxygen atoms in total. The van der Waals surface area contributed by atoms with E-state index in [0.717, 1.165) is 19.3 Å². The van der Waals surface area contributed by atoms with Crippen molar-refractivity contribution in [2.24, 2.45) is 5.41 Å². The number of hydrogen-bond donors (Lipinski definition) is 1. The predicted molar refractivity (Wildman–Crippen MR) is 97.5 cm³/mol. The summed E-state index contributed by atoms with van der Waals surface area (Å²) >= 11 is 0. The van der Waals surface area contributed by atoms with Crippen LogP contribution in [0.1, 0.15) is 105 Å². The second kappa shape index (κ2) is 13.8. The van der Waals surface area contributed by atoms with E-state index < -0.39 is 6.10 Å². The van der Waals surface area contributed by atoms with Crippen LogP contribution >= 0.6 is 0 Å². The molecule has 0 aliphatic heterocycles. The molecule has 0 aromatic carbocycles. The minimum absolute atomic E-state index is 0.147. The molecule has 0 fully saturated rings. The van der Waals surface area contributed by atoms with Crippen LogP contribution in [0.2, 0.25) is 0 Å². The highest BCUT2D eigenvalue weighted by Crippen LogP contribution is 2.30. The summed E-state index contributed by atoms with van der Waals surface area (Å²) in [6.45, 7) is 8.89. The molecular formula is C20H40O3. The smallest absolute Gasteiger partial charge is 0.305 e. The number of unbranched alkanes of at least 4 members (excludes halogenated alkanes) is 6. The molecule has 1 atom stereocenters. The van der Waals surface area contributed by atoms with Crippen molar-refractivity contribution in [3.63, 3.8) is 0 Å². The van der Waals surface area contributed by atoms with Crippen LogP contribution < -0.4 is 0 Å². The highest BCUT2D eigenvalue weighted by molar-refractivity contribution is 5.68. The maximum Gasteiger partial charge on any atom is 0.305 e. The lowest BCUT2D eigenvalue weighted by Gasteiger charge is -2.24. The first-order valence-corrected chi connectivity index (χ1v) is 9.75. The average Bonchev–Trinajstić information content (AvgIpc) is 2.52. The highest BCUT2D eigenvalue weighted by atomic mass is 16.5. The van der Waals surface area contributed by atoms with E-state index in [-0.39, 0.29) is 12.6 Å². The van der Waals surface area contributed by atoms with Gasteiger partial charge in [0.15, 0.2) is 0 Å². The van der Waals surface area contributed by atoms with Gasteiger partial charge in [0.25, 0.3) is 0 Å². The molecule has 0 aliphatic rings. The molecule has 0 rings (SSSR count). The fraction of sp³-hybridized carbons (Fsp3) is 0.950. The van der Waals surface area contributed by atoms with Crippen LogP contribution in [0.3, 0.4) is 0 Å². The van der Waals surface area contributed by atoms with Gasteiger partial charge in [-0.3, -0.25) is 4.79 Å². The minimum Gasteiger partial charge on any atom is -0.463 e. The van der Waals surface area contributed by atoms with Gasteiger partial charge in [0.2, 0.25) is 0 Å². The van der Waals surface area contributed by atoms with Gasteiger partial charge in [0.05, 0.1) is 6.10 Å². The van der Waals surface area contributed by atoms with Gasteiger partial charge in [0, 0.05) is 6.42 Å². The van der Waals surface area contributed by atoms with Crippen molar-refractivity contribution in [1.29, 1.82) is 0 Å². The van der Waals surface area contributed by atoms with Gasteiger partial charge in [-0.15, -0.1) is 0 Å². The van der Waals surface area contributed by atoms with Gasteiger partial charge in [-0.2, -0.15) is 0 Å². The second-order valence-corrected chi connectivity index (χ2v) is 7.62. The van der Waals surface area contributed by atoms with Gasteiger partial charge in [-0.05, 0) is 24.7 Å². The largest absolute Gasteiger partial charge is 0.463 e. The van der Waals surface area contributed by atoms with Crippen LogP contribution in [-0.4, -0.2) is 23.8 Å². The molecule has 0 spiro atoms. The van der Waals surface area contributed by atoms with Crippen LogP contribution in [0.25, 0.3) is 0 Å². The van der Waals surface area contributed by atoms with E-state index in [2.05, 4.69) is 20.8 Å². The van der Waals surface area contributed by atoms with Crippen molar-refractivity contribution in [3.8, 4) is 0 Å². The molecule has 0 saturated heterocycles. The topological polar surface area (TPSA) is 46.5 Å². The summed E-state index contributed by atoms with van der Waals surface area (Å²) < 4.78 is 4.96. The summed E-state index contributed by atoms with van der Waals surface area (Å²) in [5.41, 5.74) is 0.407. The first-order chi connectivity index (χ1) is 10.9. The molecule has 3 heteroatoms. The molecule has 0 heterocycles. The SMILES string of the molecule is CCCCCCCCC(C)(C)CCCCC(O)COC(=O)CC. The van der Waals surface area contributed by atoms with Gasteiger partial charge >= 0.3 is 5.97 Å². The van der Waals surface area contributed by atoms with Crippen molar-refractivity contribution in [2.45, 2.75) is 111 Å². The van der Waals surface area contributed by atoms with Crippen LogP contribution in [0.15, 0.2) is 0 Å². The zero-order chi connectivity index (χ0) is 17.6. The summed E-state index contributed by atoms with van der Waals surface area (Å²) in [5.74, 6) is -0.232. The monoisotopic (exact) mass is 328 g/mol. The van der Waals surface area contributed by atoms with E-state index >= 15 is 0 Å². The number of aliphatic hydroxyl groups excluding tert-OH is 1. The molecule has 1 unspecified atom stereocenters. The van der Waals surface area contributed by atoms with Gasteiger partial charge in [-0.1, -0.05) is 79.1 Å². The van der Waals surface area contributed by atoms with Gasteiger partial charge < -0.3 is 9.84 Å². The Balaban J connectivity index is 3.58. The van der Waals surface area contributed by atoms with Crippen LogP contribution in [0.5, 0.6) is 0 Å². The van der Waals surface area contributed by atoms with Crippen LogP contribution in [-0.2, 0) is 9.53 Å². The van der Waals surface area contributed by atoms with E-state index in [4.69, 9.17) is 4.74 Å². The van der Waals surface area contributed by atoms with E-state index in [1.807, 2.05) is 0 Å². The second-order valence-electron chi connectivity index (χ2n) is 7.62. The summed E-state index contributed by atoms with van der Waals surface area (Å²) in [7, 11) is 0. The molecule has 23 heavy (non-hydrogen) atoms. The molecule has 0 bridgehead atoms. The third kappa shape index (κ3) is 14.7. The Hall–Kier alpha value is -0.570. The van der Waals surface area contributed by atoms with E-state index in [9.17, 15) is 9.90 Å². The first kappa shape index (κ1) is 22.4. The summed E-state index contributed by atoms with van der Waals surface area (Å²) in [6, 6.07) is 0. The molecule has 0 amide bonds. The average molecular weight is 329 g/mol. The number of carbonyl (C=O) groups is 1. The molecule has 1 N–H and O–H groups in total. The molecule has 138 valence electrons. The number of ether oxygens (including phenoxy) is 1. The Morgan fingerprint density at radius 3 is 2.13 bits per heavy atom. The Bertz CT molecular complexity index is 287. The Kier molecular flexibility index (Phi) is 13.5. The van der Waals surface area contributed by atoms with Gasteiger partial charge in [0.1, 0.15) is 6.61 Å². The maximum absolute atomic E-state index is 11.0. The lowest BCUT2D eigenvalue weighted by molar-refractivity contribution is -0.146.